The topological polar surface area (TPSA) is 88.4 Å². The van der Waals surface area contributed by atoms with Gasteiger partial charge in [0.15, 0.2) is 5.65 Å². The molecule has 2 aromatic carbocycles. The summed E-state index contributed by atoms with van der Waals surface area (Å²) in [6.45, 7) is 16.6. The molecule has 8 nitrogen and oxygen atoms in total. The highest BCUT2D eigenvalue weighted by molar-refractivity contribution is 7.84. The van der Waals surface area contributed by atoms with Gasteiger partial charge in [-0.3, -0.25) is 9.00 Å². The van der Waals surface area contributed by atoms with E-state index in [1.807, 2.05) is 84.0 Å². The molecule has 3 heterocycles. The van der Waals surface area contributed by atoms with Gasteiger partial charge in [0.25, 0.3) is 0 Å². The lowest BCUT2D eigenvalue weighted by Gasteiger charge is -2.44. The molecular formula is C34H38ClN5O3S. The smallest absolute Gasteiger partial charge is 0.349 e. The molecule has 3 atom stereocenters. The van der Waals surface area contributed by atoms with E-state index in [2.05, 4.69) is 16.5 Å². The van der Waals surface area contributed by atoms with Crippen molar-refractivity contribution in [1.82, 2.24) is 19.4 Å². The van der Waals surface area contributed by atoms with Crippen molar-refractivity contribution in [3.8, 4) is 16.9 Å². The molecule has 44 heavy (non-hydrogen) atoms. The van der Waals surface area contributed by atoms with Crippen LogP contribution in [-0.2, 0) is 15.6 Å². The van der Waals surface area contributed by atoms with E-state index in [0.717, 1.165) is 22.3 Å². The molecule has 0 N–H and O–H groups in total. The zero-order valence-corrected chi connectivity index (χ0v) is 27.8. The number of amides is 1. The highest BCUT2D eigenvalue weighted by Crippen LogP contribution is 2.37. The van der Waals surface area contributed by atoms with Crippen molar-refractivity contribution in [2.75, 3.05) is 24.2 Å². The summed E-state index contributed by atoms with van der Waals surface area (Å²) in [5.41, 5.74) is 4.75. The zero-order chi connectivity index (χ0) is 32.0. The van der Waals surface area contributed by atoms with Gasteiger partial charge in [0.2, 0.25) is 5.91 Å². The average molecular weight is 632 g/mol. The number of hydrogen-bond donors (Lipinski definition) is 0. The molecule has 0 radical (unpaired) electrons. The molecule has 1 amide bonds. The zero-order valence-electron chi connectivity index (χ0n) is 26.2. The lowest BCUT2D eigenvalue weighted by molar-refractivity contribution is -0.128. The Morgan fingerprint density at radius 2 is 1.77 bits per heavy atom. The second kappa shape index (κ2) is 12.3. The summed E-state index contributed by atoms with van der Waals surface area (Å²) in [6, 6.07) is 13.2. The molecule has 1 aliphatic rings. The van der Waals surface area contributed by atoms with Gasteiger partial charge in [0.05, 0.1) is 21.8 Å². The van der Waals surface area contributed by atoms with Crippen molar-refractivity contribution in [3.63, 3.8) is 0 Å². The van der Waals surface area contributed by atoms with Crippen LogP contribution in [0.3, 0.4) is 0 Å². The standard InChI is InChI=1S/C34H38ClN5O3S/c1-9-29(41)38-17-23(7)39(18-22(38)6)32-27-16-28(35)30(25-13-11-10-12-20(25)4)36-33(27)40(34(42)37-32)31-21(5)14-24(44(8)43)15-26(31)19(2)3/h9-16,19,22-23H,1,17-18H2,2-8H3/t22-,23+,44?/m1/s1. The molecule has 1 aliphatic heterocycles. The molecule has 1 saturated heterocycles. The van der Waals surface area contributed by atoms with Gasteiger partial charge in [-0.25, -0.2) is 14.3 Å². The van der Waals surface area contributed by atoms with E-state index in [1.165, 1.54) is 6.08 Å². The monoisotopic (exact) mass is 631 g/mol. The summed E-state index contributed by atoms with van der Waals surface area (Å²) in [5.74, 6) is 0.373. The van der Waals surface area contributed by atoms with Gasteiger partial charge in [0.1, 0.15) is 5.82 Å². The molecule has 5 rings (SSSR count). The molecule has 0 spiro atoms. The van der Waals surface area contributed by atoms with Crippen molar-refractivity contribution in [2.24, 2.45) is 0 Å². The van der Waals surface area contributed by atoms with Crippen LogP contribution in [0.2, 0.25) is 5.02 Å². The minimum atomic E-state index is -1.20. The van der Waals surface area contributed by atoms with Gasteiger partial charge in [-0.15, -0.1) is 0 Å². The minimum Gasteiger partial charge on any atom is -0.349 e. The van der Waals surface area contributed by atoms with Crippen LogP contribution in [0, 0.1) is 13.8 Å². The highest BCUT2D eigenvalue weighted by atomic mass is 35.5. The number of carbonyl (C=O) groups is 1. The van der Waals surface area contributed by atoms with E-state index in [9.17, 15) is 13.8 Å². The number of piperazine rings is 1. The fourth-order valence-electron chi connectivity index (χ4n) is 6.08. The normalized spacial score (nSPS) is 17.8. The van der Waals surface area contributed by atoms with Crippen molar-refractivity contribution >= 4 is 45.2 Å². The first-order valence-electron chi connectivity index (χ1n) is 14.7. The predicted molar refractivity (Wildman–Crippen MR) is 180 cm³/mol. The number of rotatable bonds is 6. The molecule has 2 aromatic heterocycles. The molecule has 1 fully saturated rings. The van der Waals surface area contributed by atoms with Crippen molar-refractivity contribution in [1.29, 1.82) is 0 Å². The number of halogens is 1. The number of pyridine rings is 1. The lowest BCUT2D eigenvalue weighted by Crippen LogP contribution is -2.58. The van der Waals surface area contributed by atoms with Gasteiger partial charge < -0.3 is 9.80 Å². The first-order chi connectivity index (χ1) is 20.8. The van der Waals surface area contributed by atoms with E-state index in [0.29, 0.717) is 51.2 Å². The van der Waals surface area contributed by atoms with Crippen LogP contribution in [0.15, 0.2) is 64.8 Å². The number of nitrogens with zero attached hydrogens (tertiary/aromatic N) is 5. The number of carbonyl (C=O) groups excluding carboxylic acids is 1. The van der Waals surface area contributed by atoms with E-state index in [-0.39, 0.29) is 23.9 Å². The number of aryl methyl sites for hydroxylation is 2. The van der Waals surface area contributed by atoms with Crippen LogP contribution in [-0.4, -0.2) is 61.0 Å². The number of anilines is 1. The van der Waals surface area contributed by atoms with Gasteiger partial charge >= 0.3 is 5.69 Å². The van der Waals surface area contributed by atoms with Crippen molar-refractivity contribution in [2.45, 2.75) is 64.4 Å². The summed E-state index contributed by atoms with van der Waals surface area (Å²) in [4.78, 5) is 41.2. The van der Waals surface area contributed by atoms with E-state index in [1.54, 1.807) is 15.7 Å². The number of aromatic nitrogens is 3. The quantitative estimate of drug-likeness (QED) is 0.236. The average Bonchev–Trinajstić information content (AvgIpc) is 2.97. The highest BCUT2D eigenvalue weighted by Gasteiger charge is 2.34. The van der Waals surface area contributed by atoms with Gasteiger partial charge in [-0.1, -0.05) is 56.3 Å². The fourth-order valence-corrected chi connectivity index (χ4v) is 6.97. The van der Waals surface area contributed by atoms with Gasteiger partial charge in [-0.2, -0.15) is 4.98 Å². The maximum Gasteiger partial charge on any atom is 0.355 e. The van der Waals surface area contributed by atoms with Crippen LogP contribution in [0.25, 0.3) is 28.0 Å². The third-order valence-corrected chi connectivity index (χ3v) is 9.59. The molecule has 0 aliphatic carbocycles. The molecule has 1 unspecified atom stereocenters. The fraction of sp³-hybridized carbons (Fsp3) is 0.353. The molecular weight excluding hydrogens is 594 g/mol. The summed E-state index contributed by atoms with van der Waals surface area (Å²) in [6.07, 6.45) is 2.98. The summed E-state index contributed by atoms with van der Waals surface area (Å²) >= 11 is 6.98. The Morgan fingerprint density at radius 1 is 1.07 bits per heavy atom. The van der Waals surface area contributed by atoms with Gasteiger partial charge in [0, 0.05) is 52.7 Å². The van der Waals surface area contributed by atoms with Crippen LogP contribution in [0.1, 0.15) is 50.3 Å². The maximum atomic E-state index is 14.3. The summed E-state index contributed by atoms with van der Waals surface area (Å²) in [7, 11) is -1.20. The number of fused-ring (bicyclic) bond motifs is 1. The molecule has 0 bridgehead atoms. The Bertz CT molecular complexity index is 1890. The van der Waals surface area contributed by atoms with Crippen molar-refractivity contribution in [3.05, 3.63) is 87.3 Å². The minimum absolute atomic E-state index is 0.0216. The van der Waals surface area contributed by atoms with Crippen LogP contribution >= 0.6 is 11.6 Å². The van der Waals surface area contributed by atoms with Crippen molar-refractivity contribution < 1.29 is 9.00 Å². The largest absolute Gasteiger partial charge is 0.355 e. The second-order valence-electron chi connectivity index (χ2n) is 11.9. The van der Waals surface area contributed by atoms with Crippen LogP contribution in [0.4, 0.5) is 5.82 Å². The third kappa shape index (κ3) is 5.59. The SMILES string of the molecule is C=CC(=O)N1C[C@H](C)N(c2nc(=O)n(-c3c(C)cc(S(C)=O)cc3C(C)C)c3nc(-c4ccccc4C)c(Cl)cc23)C[C@H]1C. The molecule has 4 aromatic rings. The Morgan fingerprint density at radius 3 is 2.41 bits per heavy atom. The third-order valence-electron chi connectivity index (χ3n) is 8.40. The van der Waals surface area contributed by atoms with E-state index in [4.69, 9.17) is 16.6 Å². The predicted octanol–water partition coefficient (Wildman–Crippen LogP) is 6.19. The summed E-state index contributed by atoms with van der Waals surface area (Å²) in [5, 5.41) is 1.07. The molecule has 10 heteroatoms. The number of hydrogen-bond acceptors (Lipinski definition) is 6. The van der Waals surface area contributed by atoms with Crippen LogP contribution in [0.5, 0.6) is 0 Å². The first-order valence-corrected chi connectivity index (χ1v) is 16.6. The Kier molecular flexibility index (Phi) is 8.82. The second-order valence-corrected chi connectivity index (χ2v) is 13.7. The van der Waals surface area contributed by atoms with Gasteiger partial charge in [-0.05, 0) is 74.6 Å². The Labute approximate surface area is 265 Å². The van der Waals surface area contributed by atoms with E-state index >= 15 is 0 Å². The maximum absolute atomic E-state index is 14.3. The molecule has 0 saturated carbocycles. The summed E-state index contributed by atoms with van der Waals surface area (Å²) < 4.78 is 14.1. The Balaban J connectivity index is 1.85. The first kappa shape index (κ1) is 31.6. The van der Waals surface area contributed by atoms with Crippen LogP contribution < -0.4 is 10.6 Å². The lowest BCUT2D eigenvalue weighted by atomic mass is 9.97. The van der Waals surface area contributed by atoms with E-state index < -0.39 is 16.5 Å². The Hall–Kier alpha value is -3.82. The molecule has 230 valence electrons. The number of benzene rings is 2.